The molecule has 1 aliphatic heterocycles. The maximum absolute atomic E-state index is 12.5. The summed E-state index contributed by atoms with van der Waals surface area (Å²) in [6.07, 6.45) is -1.28. The molecular weight excluding hydrogens is 566 g/mol. The van der Waals surface area contributed by atoms with Crippen molar-refractivity contribution in [2.45, 2.75) is 25.4 Å². The summed E-state index contributed by atoms with van der Waals surface area (Å²) in [6, 6.07) is 13.0. The van der Waals surface area contributed by atoms with E-state index in [9.17, 15) is 39.0 Å². The number of amides is 1. The number of ketones is 2. The highest BCUT2D eigenvalue weighted by molar-refractivity contribution is 7.99. The third-order valence-electron chi connectivity index (χ3n) is 6.62. The molecule has 12 heteroatoms. The average Bonchev–Trinajstić information content (AvgIpc) is 3.26. The van der Waals surface area contributed by atoms with Gasteiger partial charge >= 0.3 is 11.9 Å². The van der Waals surface area contributed by atoms with Gasteiger partial charge < -0.3 is 24.7 Å². The smallest absolute Gasteiger partial charge is 0.336 e. The Kier molecular flexibility index (Phi) is 8.07. The van der Waals surface area contributed by atoms with Crippen LogP contribution in [0.4, 0.5) is 5.69 Å². The van der Waals surface area contributed by atoms with E-state index in [0.717, 1.165) is 11.8 Å². The SMILES string of the molecule is O=C(CSCCC(=O)OC1C(=O)CCC1=O)Nc1ccc(-c2c3ccc(=O)cc-3oc3cc(O)ccc23)c(C(=O)O)c1. The number of aromatic carboxylic acids is 1. The van der Waals surface area contributed by atoms with E-state index in [1.165, 1.54) is 30.3 Å². The molecule has 2 aromatic rings. The van der Waals surface area contributed by atoms with Crippen LogP contribution in [-0.4, -0.2) is 57.2 Å². The second-order valence-corrected chi connectivity index (χ2v) is 10.6. The Morgan fingerprint density at radius 2 is 1.69 bits per heavy atom. The van der Waals surface area contributed by atoms with Gasteiger partial charge in [-0.25, -0.2) is 4.79 Å². The van der Waals surface area contributed by atoms with Crippen LogP contribution in [0.25, 0.3) is 33.4 Å². The van der Waals surface area contributed by atoms with Gasteiger partial charge in [-0.15, -0.1) is 0 Å². The molecule has 5 rings (SSSR count). The molecule has 3 N–H and O–H groups in total. The Labute approximate surface area is 241 Å². The van der Waals surface area contributed by atoms with Crippen LogP contribution in [-0.2, 0) is 23.9 Å². The number of ether oxygens (including phenoxy) is 1. The van der Waals surface area contributed by atoms with Crippen LogP contribution in [0.3, 0.4) is 0 Å². The number of fused-ring (bicyclic) bond motifs is 2. The van der Waals surface area contributed by atoms with Crippen molar-refractivity contribution in [3.8, 4) is 28.2 Å². The highest BCUT2D eigenvalue weighted by Gasteiger charge is 2.36. The predicted molar refractivity (Wildman–Crippen MR) is 153 cm³/mol. The summed E-state index contributed by atoms with van der Waals surface area (Å²) in [4.78, 5) is 72.0. The van der Waals surface area contributed by atoms with Gasteiger partial charge in [0.25, 0.3) is 0 Å². The summed E-state index contributed by atoms with van der Waals surface area (Å²) in [6.45, 7) is 0. The van der Waals surface area contributed by atoms with Crippen LogP contribution in [0.5, 0.6) is 5.75 Å². The van der Waals surface area contributed by atoms with Crippen molar-refractivity contribution < 1.29 is 43.3 Å². The molecule has 0 saturated heterocycles. The standard InChI is InChI=1S/C30H23NO10S/c32-16-2-5-19-24(12-16)40-25-13-17(33)3-6-20(25)28(19)18-4-1-15(11-21(18)30(38)39)31-26(36)14-42-10-9-27(37)41-29-22(34)7-8-23(29)35/h1-6,11-13,29,32H,7-10,14H2,(H,31,36)(H,38,39). The molecule has 0 unspecified atom stereocenters. The van der Waals surface area contributed by atoms with Crippen molar-refractivity contribution in [1.82, 2.24) is 0 Å². The van der Waals surface area contributed by atoms with Crippen molar-refractivity contribution >= 4 is 57.8 Å². The quantitative estimate of drug-likeness (QED) is 0.112. The molecule has 1 amide bonds. The van der Waals surface area contributed by atoms with Crippen LogP contribution in [0.15, 0.2) is 63.8 Å². The molecule has 2 aromatic carbocycles. The first-order valence-corrected chi connectivity index (χ1v) is 14.0. The fraction of sp³-hybridized carbons (Fsp3) is 0.200. The molecule has 0 atom stereocenters. The number of anilines is 1. The second-order valence-electron chi connectivity index (χ2n) is 9.53. The van der Waals surface area contributed by atoms with Gasteiger partial charge in [-0.2, -0.15) is 11.8 Å². The van der Waals surface area contributed by atoms with E-state index in [1.54, 1.807) is 24.3 Å². The normalized spacial score (nSPS) is 13.5. The van der Waals surface area contributed by atoms with Gasteiger partial charge in [0, 0.05) is 52.9 Å². The summed E-state index contributed by atoms with van der Waals surface area (Å²) >= 11 is 1.13. The fourth-order valence-electron chi connectivity index (χ4n) is 4.69. The fourth-order valence-corrected chi connectivity index (χ4v) is 5.41. The summed E-state index contributed by atoms with van der Waals surface area (Å²) in [7, 11) is 0. The summed E-state index contributed by atoms with van der Waals surface area (Å²) in [5.41, 5.74) is 1.33. The first-order valence-electron chi connectivity index (χ1n) is 12.8. The maximum atomic E-state index is 12.5. The van der Waals surface area contributed by atoms with E-state index >= 15 is 0 Å². The minimum Gasteiger partial charge on any atom is -0.508 e. The maximum Gasteiger partial charge on any atom is 0.336 e. The molecule has 0 spiro atoms. The number of hydrogen-bond acceptors (Lipinski definition) is 10. The van der Waals surface area contributed by atoms with E-state index in [1.807, 2.05) is 0 Å². The van der Waals surface area contributed by atoms with Gasteiger partial charge in [0.15, 0.2) is 17.0 Å². The number of phenols is 1. The minimum atomic E-state index is -1.32. The Morgan fingerprint density at radius 1 is 0.952 bits per heavy atom. The molecule has 0 bridgehead atoms. The number of benzene rings is 3. The van der Waals surface area contributed by atoms with Gasteiger partial charge in [0.1, 0.15) is 17.1 Å². The zero-order valence-electron chi connectivity index (χ0n) is 21.9. The summed E-state index contributed by atoms with van der Waals surface area (Å²) in [5, 5.41) is 23.2. The number of phenolic OH excluding ortho intramolecular Hbond substituents is 1. The molecular formula is C30H23NO10S. The van der Waals surface area contributed by atoms with E-state index in [4.69, 9.17) is 9.15 Å². The molecule has 0 aromatic heterocycles. The first-order chi connectivity index (χ1) is 20.1. The molecule has 1 heterocycles. The Morgan fingerprint density at radius 3 is 2.43 bits per heavy atom. The number of aromatic hydroxyl groups is 1. The number of carbonyl (C=O) groups is 5. The lowest BCUT2D eigenvalue weighted by Gasteiger charge is -2.17. The Bertz CT molecular complexity index is 1780. The van der Waals surface area contributed by atoms with Crippen LogP contribution < -0.4 is 10.7 Å². The minimum absolute atomic E-state index is 0.0464. The average molecular weight is 590 g/mol. The third kappa shape index (κ3) is 6.03. The molecule has 11 nitrogen and oxygen atoms in total. The van der Waals surface area contributed by atoms with Crippen LogP contribution >= 0.6 is 11.8 Å². The predicted octanol–water partition coefficient (Wildman–Crippen LogP) is 3.87. The van der Waals surface area contributed by atoms with Crippen molar-refractivity contribution in [3.63, 3.8) is 0 Å². The van der Waals surface area contributed by atoms with Crippen LogP contribution in [0, 0.1) is 0 Å². The number of carboxylic acid groups (broad SMARTS) is 1. The van der Waals surface area contributed by atoms with Gasteiger partial charge in [0.2, 0.25) is 12.0 Å². The van der Waals surface area contributed by atoms with Gasteiger partial charge in [-0.05, 0) is 42.0 Å². The first kappa shape index (κ1) is 28.6. The van der Waals surface area contributed by atoms with Gasteiger partial charge in [-0.1, -0.05) is 6.07 Å². The zero-order chi connectivity index (χ0) is 30.0. The zero-order valence-corrected chi connectivity index (χ0v) is 22.7. The second kappa shape index (κ2) is 11.9. The number of carboxylic acids is 1. The topological polar surface area (TPSA) is 177 Å². The number of rotatable bonds is 9. The van der Waals surface area contributed by atoms with Crippen LogP contribution in [0.1, 0.15) is 29.6 Å². The number of Topliss-reactive ketones (excluding diaryl/α,β-unsaturated/α-hetero) is 2. The summed E-state index contributed by atoms with van der Waals surface area (Å²) in [5.74, 6) is -2.91. The lowest BCUT2D eigenvalue weighted by atomic mass is 9.90. The molecule has 214 valence electrons. The molecule has 1 fully saturated rings. The molecule has 1 saturated carbocycles. The molecule has 2 aliphatic carbocycles. The number of hydrogen-bond donors (Lipinski definition) is 3. The number of carbonyl (C=O) groups excluding carboxylic acids is 4. The monoisotopic (exact) mass is 589 g/mol. The lowest BCUT2D eigenvalue weighted by molar-refractivity contribution is -0.157. The largest absolute Gasteiger partial charge is 0.508 e. The van der Waals surface area contributed by atoms with Crippen molar-refractivity contribution in [1.29, 1.82) is 0 Å². The number of nitrogens with one attached hydrogen (secondary N) is 1. The number of esters is 1. The number of thioether (sulfide) groups is 1. The third-order valence-corrected chi connectivity index (χ3v) is 7.57. The van der Waals surface area contributed by atoms with Crippen molar-refractivity contribution in [2.24, 2.45) is 0 Å². The van der Waals surface area contributed by atoms with E-state index in [0.29, 0.717) is 22.1 Å². The molecule has 0 radical (unpaired) electrons. The van der Waals surface area contributed by atoms with Crippen LogP contribution in [0.2, 0.25) is 0 Å². The summed E-state index contributed by atoms with van der Waals surface area (Å²) < 4.78 is 10.8. The highest BCUT2D eigenvalue weighted by atomic mass is 32.2. The highest BCUT2D eigenvalue weighted by Crippen LogP contribution is 2.42. The van der Waals surface area contributed by atoms with Gasteiger partial charge in [-0.3, -0.25) is 24.0 Å². The van der Waals surface area contributed by atoms with Gasteiger partial charge in [0.05, 0.1) is 17.7 Å². The van der Waals surface area contributed by atoms with E-state index < -0.39 is 35.5 Å². The molecule has 42 heavy (non-hydrogen) atoms. The van der Waals surface area contributed by atoms with Crippen molar-refractivity contribution in [2.75, 3.05) is 16.8 Å². The van der Waals surface area contributed by atoms with Crippen molar-refractivity contribution in [3.05, 3.63) is 70.4 Å². The van der Waals surface area contributed by atoms with E-state index in [-0.39, 0.29) is 64.5 Å². The Balaban J connectivity index is 1.31. The van der Waals surface area contributed by atoms with E-state index in [2.05, 4.69) is 5.32 Å². The molecule has 3 aliphatic rings. The lowest BCUT2D eigenvalue weighted by Crippen LogP contribution is -2.28. The Hall–Kier alpha value is -4.97.